The van der Waals surface area contributed by atoms with Crippen LogP contribution in [0.25, 0.3) is 0 Å². The molecule has 4 heteroatoms. The monoisotopic (exact) mass is 257 g/mol. The van der Waals surface area contributed by atoms with Gasteiger partial charge in [-0.2, -0.15) is 0 Å². The standard InChI is InChI=1S/C15H19N3O/c1-11-5-2-8-13(11)18-15(19)14-12(6-3-9-16)7-4-10-17-14/h4,7,10-11,13H,2,5,8-9,16H2,1H3,(H,18,19). The number of nitrogens with two attached hydrogens (primary N) is 1. The van der Waals surface area contributed by atoms with Gasteiger partial charge in [0, 0.05) is 12.2 Å². The lowest BCUT2D eigenvalue weighted by Crippen LogP contribution is -2.37. The van der Waals surface area contributed by atoms with Crippen LogP contribution in [0.1, 0.15) is 42.2 Å². The number of rotatable bonds is 2. The highest BCUT2D eigenvalue weighted by atomic mass is 16.1. The third kappa shape index (κ3) is 3.33. The van der Waals surface area contributed by atoms with Gasteiger partial charge in [-0.3, -0.25) is 4.79 Å². The highest BCUT2D eigenvalue weighted by molar-refractivity contribution is 5.94. The van der Waals surface area contributed by atoms with E-state index in [1.807, 2.05) is 0 Å². The summed E-state index contributed by atoms with van der Waals surface area (Å²) in [6, 6.07) is 3.82. The number of nitrogens with one attached hydrogen (secondary N) is 1. The SMILES string of the molecule is CC1CCCC1NC(=O)c1ncccc1C#CCN. The molecular formula is C15H19N3O. The molecule has 0 radical (unpaired) electrons. The first kappa shape index (κ1) is 13.6. The van der Waals surface area contributed by atoms with Gasteiger partial charge in [-0.25, -0.2) is 4.98 Å². The number of hydrogen-bond donors (Lipinski definition) is 2. The molecule has 0 bridgehead atoms. The van der Waals surface area contributed by atoms with Crippen molar-refractivity contribution in [2.24, 2.45) is 11.7 Å². The lowest BCUT2D eigenvalue weighted by molar-refractivity contribution is 0.0924. The van der Waals surface area contributed by atoms with Crippen LogP contribution in [0.2, 0.25) is 0 Å². The Hall–Kier alpha value is -1.86. The van der Waals surface area contributed by atoms with Gasteiger partial charge >= 0.3 is 0 Å². The third-order valence-electron chi connectivity index (χ3n) is 3.53. The molecule has 100 valence electrons. The van der Waals surface area contributed by atoms with Crippen molar-refractivity contribution < 1.29 is 4.79 Å². The fraction of sp³-hybridized carbons (Fsp3) is 0.467. The van der Waals surface area contributed by atoms with Gasteiger partial charge in [-0.15, -0.1) is 0 Å². The zero-order chi connectivity index (χ0) is 13.7. The summed E-state index contributed by atoms with van der Waals surface area (Å²) in [5.74, 6) is 6.05. The molecule has 1 saturated carbocycles. The van der Waals surface area contributed by atoms with Crippen LogP contribution < -0.4 is 11.1 Å². The van der Waals surface area contributed by atoms with E-state index in [4.69, 9.17) is 5.73 Å². The number of amides is 1. The molecule has 1 amide bonds. The minimum Gasteiger partial charge on any atom is -0.348 e. The van der Waals surface area contributed by atoms with Crippen LogP contribution in [-0.4, -0.2) is 23.5 Å². The average Bonchev–Trinajstić information content (AvgIpc) is 2.82. The van der Waals surface area contributed by atoms with Crippen molar-refractivity contribution in [1.82, 2.24) is 10.3 Å². The Bertz CT molecular complexity index is 516. The van der Waals surface area contributed by atoms with Crippen molar-refractivity contribution in [2.75, 3.05) is 6.54 Å². The maximum absolute atomic E-state index is 12.3. The first-order chi connectivity index (χ1) is 9.22. The summed E-state index contributed by atoms with van der Waals surface area (Å²) < 4.78 is 0. The second-order valence-corrected chi connectivity index (χ2v) is 4.89. The molecule has 1 aliphatic rings. The van der Waals surface area contributed by atoms with Crippen molar-refractivity contribution in [3.8, 4) is 11.8 Å². The molecule has 0 aliphatic heterocycles. The fourth-order valence-electron chi connectivity index (χ4n) is 2.43. The summed E-state index contributed by atoms with van der Waals surface area (Å²) in [6.45, 7) is 2.45. The highest BCUT2D eigenvalue weighted by Gasteiger charge is 2.26. The maximum atomic E-state index is 12.3. The molecule has 4 nitrogen and oxygen atoms in total. The van der Waals surface area contributed by atoms with Gasteiger partial charge in [0.2, 0.25) is 0 Å². The van der Waals surface area contributed by atoms with Crippen LogP contribution in [0.5, 0.6) is 0 Å². The fourth-order valence-corrected chi connectivity index (χ4v) is 2.43. The van der Waals surface area contributed by atoms with Gasteiger partial charge in [0.25, 0.3) is 5.91 Å². The summed E-state index contributed by atoms with van der Waals surface area (Å²) in [4.78, 5) is 16.4. The van der Waals surface area contributed by atoms with Crippen molar-refractivity contribution >= 4 is 5.91 Å². The second-order valence-electron chi connectivity index (χ2n) is 4.89. The van der Waals surface area contributed by atoms with Gasteiger partial charge in [-0.05, 0) is 30.9 Å². The molecule has 1 heterocycles. The zero-order valence-electron chi connectivity index (χ0n) is 11.1. The molecule has 1 aliphatic carbocycles. The predicted molar refractivity (Wildman–Crippen MR) is 74.4 cm³/mol. The topological polar surface area (TPSA) is 68.0 Å². The van der Waals surface area contributed by atoms with Crippen molar-refractivity contribution in [3.05, 3.63) is 29.6 Å². The third-order valence-corrected chi connectivity index (χ3v) is 3.53. The second kappa shape index (κ2) is 6.35. The number of hydrogen-bond acceptors (Lipinski definition) is 3. The maximum Gasteiger partial charge on any atom is 0.271 e. The van der Waals surface area contributed by atoms with E-state index in [-0.39, 0.29) is 18.5 Å². The van der Waals surface area contributed by atoms with Crippen molar-refractivity contribution in [2.45, 2.75) is 32.2 Å². The van der Waals surface area contributed by atoms with Gasteiger partial charge in [-0.1, -0.05) is 25.2 Å². The highest BCUT2D eigenvalue weighted by Crippen LogP contribution is 2.25. The largest absolute Gasteiger partial charge is 0.348 e. The summed E-state index contributed by atoms with van der Waals surface area (Å²) in [5.41, 5.74) is 6.38. The summed E-state index contributed by atoms with van der Waals surface area (Å²) >= 11 is 0. The quantitative estimate of drug-likeness (QED) is 0.785. The number of aromatic nitrogens is 1. The normalized spacial score (nSPS) is 21.6. The van der Waals surface area contributed by atoms with E-state index in [2.05, 4.69) is 29.1 Å². The van der Waals surface area contributed by atoms with Crippen LogP contribution in [0.15, 0.2) is 18.3 Å². The first-order valence-corrected chi connectivity index (χ1v) is 6.67. The van der Waals surface area contributed by atoms with E-state index < -0.39 is 0 Å². The Morgan fingerprint density at radius 3 is 3.11 bits per heavy atom. The van der Waals surface area contributed by atoms with Crippen molar-refractivity contribution in [1.29, 1.82) is 0 Å². The van der Waals surface area contributed by atoms with Gasteiger partial charge in [0.15, 0.2) is 0 Å². The molecule has 3 N–H and O–H groups in total. The molecule has 0 spiro atoms. The van der Waals surface area contributed by atoms with E-state index in [0.717, 1.165) is 6.42 Å². The lowest BCUT2D eigenvalue weighted by Gasteiger charge is -2.17. The Balaban J connectivity index is 2.14. The molecule has 2 atom stereocenters. The predicted octanol–water partition coefficient (Wildman–Crippen LogP) is 1.31. The number of carbonyl (C=O) groups is 1. The number of pyridine rings is 1. The van der Waals surface area contributed by atoms with Crippen molar-refractivity contribution in [3.63, 3.8) is 0 Å². The molecular weight excluding hydrogens is 238 g/mol. The van der Waals surface area contributed by atoms with E-state index in [0.29, 0.717) is 17.2 Å². The van der Waals surface area contributed by atoms with E-state index >= 15 is 0 Å². The minimum atomic E-state index is -0.138. The van der Waals surface area contributed by atoms with Gasteiger partial charge in [0.1, 0.15) is 5.69 Å². The Morgan fingerprint density at radius 1 is 1.58 bits per heavy atom. The number of nitrogens with zero attached hydrogens (tertiary/aromatic N) is 1. The Kier molecular flexibility index (Phi) is 4.53. The minimum absolute atomic E-state index is 0.138. The summed E-state index contributed by atoms with van der Waals surface area (Å²) in [7, 11) is 0. The zero-order valence-corrected chi connectivity index (χ0v) is 11.1. The summed E-state index contributed by atoms with van der Waals surface area (Å²) in [6.07, 6.45) is 5.01. The Labute approximate surface area is 113 Å². The van der Waals surface area contributed by atoms with E-state index in [1.54, 1.807) is 18.3 Å². The van der Waals surface area contributed by atoms with Crippen LogP contribution in [0.4, 0.5) is 0 Å². The van der Waals surface area contributed by atoms with Crippen LogP contribution in [0.3, 0.4) is 0 Å². The van der Waals surface area contributed by atoms with Crippen LogP contribution in [0, 0.1) is 17.8 Å². The number of carbonyl (C=O) groups excluding carboxylic acids is 1. The van der Waals surface area contributed by atoms with E-state index in [1.165, 1.54) is 12.8 Å². The molecule has 19 heavy (non-hydrogen) atoms. The molecule has 2 unspecified atom stereocenters. The lowest BCUT2D eigenvalue weighted by atomic mass is 10.1. The van der Waals surface area contributed by atoms with Gasteiger partial charge in [0.05, 0.1) is 12.1 Å². The average molecular weight is 257 g/mol. The molecule has 2 rings (SSSR count). The van der Waals surface area contributed by atoms with Crippen LogP contribution in [-0.2, 0) is 0 Å². The molecule has 1 aromatic rings. The van der Waals surface area contributed by atoms with E-state index in [9.17, 15) is 4.79 Å². The van der Waals surface area contributed by atoms with Gasteiger partial charge < -0.3 is 11.1 Å². The Morgan fingerprint density at radius 2 is 2.42 bits per heavy atom. The summed E-state index contributed by atoms with van der Waals surface area (Å²) in [5, 5.41) is 3.06. The van der Waals surface area contributed by atoms with Crippen LogP contribution >= 0.6 is 0 Å². The smallest absolute Gasteiger partial charge is 0.271 e. The first-order valence-electron chi connectivity index (χ1n) is 6.67. The molecule has 1 fully saturated rings. The molecule has 0 aromatic carbocycles. The molecule has 1 aromatic heterocycles. The molecule has 0 saturated heterocycles.